The van der Waals surface area contributed by atoms with Gasteiger partial charge in [-0.15, -0.1) is 0 Å². The van der Waals surface area contributed by atoms with Gasteiger partial charge in [0.1, 0.15) is 30.3 Å². The van der Waals surface area contributed by atoms with Crippen molar-refractivity contribution < 1.29 is 9.53 Å². The molecule has 0 spiro atoms. The minimum absolute atomic E-state index is 0.0192. The highest BCUT2D eigenvalue weighted by atomic mass is 16.5. The summed E-state index contributed by atoms with van der Waals surface area (Å²) in [6.07, 6.45) is 7.24. The standard InChI is InChI=1S/C19H28N4O2/c1-5-17-22-15-9-20-11-21-19(15)23(17)10-18(24)25-16-8-13(4)6-7-14(16)12(2)3/h9,11-14,16H,5-8,10H2,1-4H3/t13-,14+,16-/m1/s1. The van der Waals surface area contributed by atoms with Gasteiger partial charge in [-0.1, -0.05) is 34.1 Å². The van der Waals surface area contributed by atoms with E-state index < -0.39 is 0 Å². The number of nitrogens with zero attached hydrogens (tertiary/aromatic N) is 4. The van der Waals surface area contributed by atoms with E-state index in [-0.39, 0.29) is 18.6 Å². The summed E-state index contributed by atoms with van der Waals surface area (Å²) in [4.78, 5) is 25.5. The summed E-state index contributed by atoms with van der Waals surface area (Å²) in [7, 11) is 0. The predicted octanol–water partition coefficient (Wildman–Crippen LogP) is 3.39. The number of hydrogen-bond acceptors (Lipinski definition) is 5. The zero-order valence-corrected chi connectivity index (χ0v) is 15.6. The Morgan fingerprint density at radius 2 is 2.20 bits per heavy atom. The maximum atomic E-state index is 12.7. The Morgan fingerprint density at radius 3 is 2.92 bits per heavy atom. The molecule has 3 rings (SSSR count). The van der Waals surface area contributed by atoms with E-state index in [1.54, 1.807) is 6.20 Å². The molecule has 0 aromatic carbocycles. The smallest absolute Gasteiger partial charge is 0.326 e. The molecule has 0 N–H and O–H groups in total. The zero-order chi connectivity index (χ0) is 18.0. The van der Waals surface area contributed by atoms with E-state index in [9.17, 15) is 4.79 Å². The van der Waals surface area contributed by atoms with E-state index in [1.807, 2.05) is 11.5 Å². The third kappa shape index (κ3) is 3.83. The SMILES string of the molecule is CCc1nc2cncnc2n1CC(=O)O[C@@H]1C[C@H](C)CC[C@H]1C(C)C. The van der Waals surface area contributed by atoms with E-state index in [4.69, 9.17) is 4.74 Å². The predicted molar refractivity (Wildman–Crippen MR) is 95.9 cm³/mol. The first-order valence-corrected chi connectivity index (χ1v) is 9.34. The van der Waals surface area contributed by atoms with Gasteiger partial charge in [-0.05, 0) is 30.6 Å². The number of imidazole rings is 1. The zero-order valence-electron chi connectivity index (χ0n) is 15.6. The fraction of sp³-hybridized carbons (Fsp3) is 0.684. The Hall–Kier alpha value is -1.98. The minimum Gasteiger partial charge on any atom is -0.461 e. The lowest BCUT2D eigenvalue weighted by Gasteiger charge is -2.36. The molecule has 0 radical (unpaired) electrons. The first kappa shape index (κ1) is 17.8. The number of carbonyl (C=O) groups excluding carboxylic acids is 1. The Bertz CT molecular complexity index is 740. The van der Waals surface area contributed by atoms with Gasteiger partial charge in [0.05, 0.1) is 6.20 Å². The van der Waals surface area contributed by atoms with Crippen molar-refractivity contribution in [2.45, 2.75) is 66.0 Å². The van der Waals surface area contributed by atoms with Gasteiger partial charge in [-0.2, -0.15) is 0 Å². The average molecular weight is 344 g/mol. The van der Waals surface area contributed by atoms with Crippen molar-refractivity contribution in [3.63, 3.8) is 0 Å². The summed E-state index contributed by atoms with van der Waals surface area (Å²) in [6.45, 7) is 8.86. The summed E-state index contributed by atoms with van der Waals surface area (Å²) >= 11 is 0. The summed E-state index contributed by atoms with van der Waals surface area (Å²) in [5.74, 6) is 2.23. The normalized spacial score (nSPS) is 24.0. The lowest BCUT2D eigenvalue weighted by Crippen LogP contribution is -2.36. The largest absolute Gasteiger partial charge is 0.461 e. The van der Waals surface area contributed by atoms with Crippen molar-refractivity contribution in [2.75, 3.05) is 0 Å². The van der Waals surface area contributed by atoms with Crippen LogP contribution in [0.3, 0.4) is 0 Å². The Morgan fingerprint density at radius 1 is 1.40 bits per heavy atom. The topological polar surface area (TPSA) is 69.9 Å². The number of hydrogen-bond donors (Lipinski definition) is 0. The van der Waals surface area contributed by atoms with E-state index in [1.165, 1.54) is 12.7 Å². The number of aryl methyl sites for hydroxylation is 1. The summed E-state index contributed by atoms with van der Waals surface area (Å²) in [5.41, 5.74) is 1.42. The molecule has 1 fully saturated rings. The van der Waals surface area contributed by atoms with Crippen LogP contribution in [0.5, 0.6) is 0 Å². The van der Waals surface area contributed by atoms with Gasteiger partial charge in [-0.25, -0.2) is 15.0 Å². The lowest BCUT2D eigenvalue weighted by molar-refractivity contribution is -0.156. The van der Waals surface area contributed by atoms with Gasteiger partial charge in [0.2, 0.25) is 0 Å². The van der Waals surface area contributed by atoms with Crippen molar-refractivity contribution in [1.29, 1.82) is 0 Å². The highest BCUT2D eigenvalue weighted by Gasteiger charge is 2.33. The second kappa shape index (κ2) is 7.50. The molecule has 2 aromatic rings. The van der Waals surface area contributed by atoms with Crippen molar-refractivity contribution in [2.24, 2.45) is 17.8 Å². The van der Waals surface area contributed by atoms with E-state index >= 15 is 0 Å². The van der Waals surface area contributed by atoms with Crippen molar-refractivity contribution in [3.8, 4) is 0 Å². The molecule has 6 heteroatoms. The van der Waals surface area contributed by atoms with Crippen LogP contribution in [0, 0.1) is 17.8 Å². The first-order valence-electron chi connectivity index (χ1n) is 9.34. The number of esters is 1. The third-order valence-electron chi connectivity index (χ3n) is 5.34. The molecule has 0 bridgehead atoms. The molecular weight excluding hydrogens is 316 g/mol. The first-order chi connectivity index (χ1) is 12.0. The molecule has 1 aliphatic rings. The molecule has 0 saturated heterocycles. The maximum absolute atomic E-state index is 12.7. The molecule has 1 aliphatic carbocycles. The molecule has 25 heavy (non-hydrogen) atoms. The van der Waals surface area contributed by atoms with Crippen LogP contribution in [0.15, 0.2) is 12.5 Å². The molecular formula is C19H28N4O2. The van der Waals surface area contributed by atoms with Gasteiger partial charge in [-0.3, -0.25) is 4.79 Å². The van der Waals surface area contributed by atoms with Crippen LogP contribution in [0.25, 0.3) is 11.2 Å². The second-order valence-corrected chi connectivity index (χ2v) is 7.55. The van der Waals surface area contributed by atoms with Gasteiger partial charge < -0.3 is 9.30 Å². The number of rotatable bonds is 5. The highest BCUT2D eigenvalue weighted by Crippen LogP contribution is 2.35. The number of fused-ring (bicyclic) bond motifs is 1. The lowest BCUT2D eigenvalue weighted by atomic mass is 9.75. The average Bonchev–Trinajstić information content (AvgIpc) is 2.92. The van der Waals surface area contributed by atoms with Crippen LogP contribution in [-0.2, 0) is 22.5 Å². The van der Waals surface area contributed by atoms with Gasteiger partial charge >= 0.3 is 5.97 Å². The highest BCUT2D eigenvalue weighted by molar-refractivity contribution is 5.75. The Kier molecular flexibility index (Phi) is 5.35. The molecule has 136 valence electrons. The Labute approximate surface area is 149 Å². The molecule has 2 aromatic heterocycles. The molecule has 0 amide bonds. The van der Waals surface area contributed by atoms with Crippen molar-refractivity contribution >= 4 is 17.1 Å². The Balaban J connectivity index is 1.76. The van der Waals surface area contributed by atoms with Crippen LogP contribution in [0.4, 0.5) is 0 Å². The van der Waals surface area contributed by atoms with Gasteiger partial charge in [0.25, 0.3) is 0 Å². The van der Waals surface area contributed by atoms with Crippen LogP contribution >= 0.6 is 0 Å². The molecule has 6 nitrogen and oxygen atoms in total. The summed E-state index contributed by atoms with van der Waals surface area (Å²) in [6, 6.07) is 0. The van der Waals surface area contributed by atoms with E-state index in [0.29, 0.717) is 23.4 Å². The number of carbonyl (C=O) groups is 1. The fourth-order valence-corrected chi connectivity index (χ4v) is 3.95. The van der Waals surface area contributed by atoms with Crippen molar-refractivity contribution in [3.05, 3.63) is 18.3 Å². The van der Waals surface area contributed by atoms with E-state index in [2.05, 4.69) is 35.7 Å². The minimum atomic E-state index is -0.197. The maximum Gasteiger partial charge on any atom is 0.326 e. The molecule has 2 heterocycles. The summed E-state index contributed by atoms with van der Waals surface area (Å²) < 4.78 is 7.78. The van der Waals surface area contributed by atoms with Crippen molar-refractivity contribution in [1.82, 2.24) is 19.5 Å². The monoisotopic (exact) mass is 344 g/mol. The van der Waals surface area contributed by atoms with Crippen LogP contribution < -0.4 is 0 Å². The molecule has 3 atom stereocenters. The van der Waals surface area contributed by atoms with E-state index in [0.717, 1.165) is 30.6 Å². The second-order valence-electron chi connectivity index (χ2n) is 7.55. The molecule has 1 saturated carbocycles. The van der Waals surface area contributed by atoms with Gasteiger partial charge in [0, 0.05) is 6.42 Å². The van der Waals surface area contributed by atoms with Crippen LogP contribution in [0.1, 0.15) is 52.8 Å². The summed E-state index contributed by atoms with van der Waals surface area (Å²) in [5, 5.41) is 0. The molecule has 0 aliphatic heterocycles. The number of aromatic nitrogens is 4. The number of ether oxygens (including phenoxy) is 1. The quantitative estimate of drug-likeness (QED) is 0.778. The fourth-order valence-electron chi connectivity index (χ4n) is 3.95. The third-order valence-corrected chi connectivity index (χ3v) is 5.34. The molecule has 0 unspecified atom stereocenters. The van der Waals surface area contributed by atoms with Crippen LogP contribution in [-0.4, -0.2) is 31.6 Å². The van der Waals surface area contributed by atoms with Gasteiger partial charge in [0.15, 0.2) is 5.65 Å². The van der Waals surface area contributed by atoms with Crippen LogP contribution in [0.2, 0.25) is 0 Å².